The Kier molecular flexibility index (Phi) is 5.80. The molecule has 0 bridgehead atoms. The second-order valence-electron chi connectivity index (χ2n) is 8.47. The molecule has 0 heterocycles. The molecule has 2 aliphatic carbocycles. The van der Waals surface area contributed by atoms with Gasteiger partial charge in [-0.1, -0.05) is 18.2 Å². The molecule has 0 spiro atoms. The van der Waals surface area contributed by atoms with Crippen LogP contribution in [0.15, 0.2) is 36.4 Å². The van der Waals surface area contributed by atoms with Crippen LogP contribution in [0.4, 0.5) is 17.6 Å². The Morgan fingerprint density at radius 2 is 1.79 bits per heavy atom. The lowest BCUT2D eigenvalue weighted by atomic mass is 9.64. The molecule has 2 aliphatic rings. The molecule has 0 radical (unpaired) electrons. The van der Waals surface area contributed by atoms with Gasteiger partial charge in [0.25, 0.3) is 0 Å². The van der Waals surface area contributed by atoms with E-state index in [0.717, 1.165) is 49.8 Å². The summed E-state index contributed by atoms with van der Waals surface area (Å²) < 4.78 is 57.1. The summed E-state index contributed by atoms with van der Waals surface area (Å²) in [6, 6.07) is 4.46. The zero-order valence-corrected chi connectivity index (χ0v) is 16.7. The van der Waals surface area contributed by atoms with Crippen molar-refractivity contribution in [2.75, 3.05) is 0 Å². The van der Waals surface area contributed by atoms with Crippen molar-refractivity contribution in [1.82, 2.24) is 0 Å². The minimum absolute atomic E-state index is 0.0384. The molecule has 154 valence electrons. The van der Waals surface area contributed by atoms with Crippen molar-refractivity contribution in [2.45, 2.75) is 57.8 Å². The van der Waals surface area contributed by atoms with Gasteiger partial charge in [0, 0.05) is 0 Å². The van der Waals surface area contributed by atoms with Gasteiger partial charge in [-0.2, -0.15) is 0 Å². The van der Waals surface area contributed by atoms with Crippen molar-refractivity contribution < 1.29 is 17.6 Å². The fraction of sp³-hybridized carbons (Fsp3) is 0.440. The predicted molar refractivity (Wildman–Crippen MR) is 108 cm³/mol. The number of fused-ring (bicyclic) bond motifs is 3. The normalized spacial score (nSPS) is 23.8. The van der Waals surface area contributed by atoms with E-state index >= 15 is 4.39 Å². The van der Waals surface area contributed by atoms with Gasteiger partial charge in [0.05, 0.1) is 5.56 Å². The quantitative estimate of drug-likeness (QED) is 0.363. The molecule has 1 saturated carbocycles. The monoisotopic (exact) mass is 402 g/mol. The summed E-state index contributed by atoms with van der Waals surface area (Å²) in [5, 5.41) is 0. The fourth-order valence-electron chi connectivity index (χ4n) is 5.36. The first-order chi connectivity index (χ1) is 14.0. The first-order valence-electron chi connectivity index (χ1n) is 10.6. The number of hydrogen-bond acceptors (Lipinski definition) is 0. The average molecular weight is 402 g/mol. The van der Waals surface area contributed by atoms with Crippen molar-refractivity contribution in [3.63, 3.8) is 0 Å². The van der Waals surface area contributed by atoms with Gasteiger partial charge in [-0.25, -0.2) is 17.6 Å². The number of halogens is 4. The van der Waals surface area contributed by atoms with Crippen molar-refractivity contribution >= 4 is 0 Å². The molecule has 1 fully saturated rings. The third-order valence-corrected chi connectivity index (χ3v) is 6.80. The van der Waals surface area contributed by atoms with Crippen LogP contribution in [0.3, 0.4) is 0 Å². The van der Waals surface area contributed by atoms with E-state index < -0.39 is 23.3 Å². The molecule has 0 nitrogen and oxygen atoms in total. The smallest absolute Gasteiger partial charge is 0.159 e. The standard InChI is InChI=1S/C25H26F4/c1-2-3-4-5-15-6-9-18-16(12-15)7-10-19-20(18)14-23(28)24(25(19)29)17-8-11-21(26)22(27)13-17/h2-3,8,11,13-16,18H,4-7,9-10,12H2,1H3/b3-2+. The van der Waals surface area contributed by atoms with E-state index in [2.05, 4.69) is 12.2 Å². The van der Waals surface area contributed by atoms with E-state index in [1.807, 2.05) is 6.92 Å². The summed E-state index contributed by atoms with van der Waals surface area (Å²) in [6.45, 7) is 2.03. The van der Waals surface area contributed by atoms with Crippen molar-refractivity contribution in [3.8, 4) is 11.1 Å². The Morgan fingerprint density at radius 3 is 2.55 bits per heavy atom. The van der Waals surface area contributed by atoms with Crippen LogP contribution in [0.5, 0.6) is 0 Å². The number of rotatable bonds is 4. The largest absolute Gasteiger partial charge is 0.206 e. The van der Waals surface area contributed by atoms with Gasteiger partial charge < -0.3 is 0 Å². The van der Waals surface area contributed by atoms with Crippen LogP contribution in [-0.2, 0) is 6.42 Å². The molecule has 4 heteroatoms. The second kappa shape index (κ2) is 8.33. The molecule has 3 unspecified atom stereocenters. The first kappa shape index (κ1) is 20.2. The van der Waals surface area contributed by atoms with E-state index in [0.29, 0.717) is 23.8 Å². The van der Waals surface area contributed by atoms with Crippen LogP contribution in [0, 0.1) is 35.1 Å². The van der Waals surface area contributed by atoms with Gasteiger partial charge in [0.15, 0.2) is 11.6 Å². The maximum absolute atomic E-state index is 15.3. The number of hydrogen-bond donors (Lipinski definition) is 0. The average Bonchev–Trinajstić information content (AvgIpc) is 2.70. The lowest BCUT2D eigenvalue weighted by Crippen LogP contribution is -2.29. The van der Waals surface area contributed by atoms with E-state index in [-0.39, 0.29) is 17.0 Å². The molecule has 2 aromatic carbocycles. The van der Waals surface area contributed by atoms with Crippen LogP contribution in [0.25, 0.3) is 11.1 Å². The van der Waals surface area contributed by atoms with E-state index in [1.54, 1.807) is 0 Å². The minimum Gasteiger partial charge on any atom is -0.206 e. The summed E-state index contributed by atoms with van der Waals surface area (Å²) >= 11 is 0. The highest BCUT2D eigenvalue weighted by Gasteiger charge is 2.37. The second-order valence-corrected chi connectivity index (χ2v) is 8.47. The zero-order chi connectivity index (χ0) is 20.5. The molecular weight excluding hydrogens is 376 g/mol. The fourth-order valence-corrected chi connectivity index (χ4v) is 5.36. The van der Waals surface area contributed by atoms with Crippen LogP contribution in [-0.4, -0.2) is 0 Å². The van der Waals surface area contributed by atoms with Crippen LogP contribution >= 0.6 is 0 Å². The van der Waals surface area contributed by atoms with Gasteiger partial charge in [0.2, 0.25) is 0 Å². The minimum atomic E-state index is -1.10. The third-order valence-electron chi connectivity index (χ3n) is 6.80. The Labute approximate surface area is 169 Å². The topological polar surface area (TPSA) is 0 Å². The highest BCUT2D eigenvalue weighted by atomic mass is 19.2. The lowest BCUT2D eigenvalue weighted by molar-refractivity contribution is 0.201. The molecule has 0 aromatic heterocycles. The van der Waals surface area contributed by atoms with E-state index in [1.165, 1.54) is 18.6 Å². The maximum Gasteiger partial charge on any atom is 0.159 e. The Hall–Kier alpha value is -2.10. The summed E-state index contributed by atoms with van der Waals surface area (Å²) in [5.74, 6) is -2.08. The van der Waals surface area contributed by atoms with Gasteiger partial charge >= 0.3 is 0 Å². The summed E-state index contributed by atoms with van der Waals surface area (Å²) in [4.78, 5) is 0. The molecule has 0 N–H and O–H groups in total. The highest BCUT2D eigenvalue weighted by Crippen LogP contribution is 2.49. The molecule has 29 heavy (non-hydrogen) atoms. The van der Waals surface area contributed by atoms with Crippen LogP contribution in [0.1, 0.15) is 62.5 Å². The zero-order valence-electron chi connectivity index (χ0n) is 16.7. The van der Waals surface area contributed by atoms with Crippen molar-refractivity contribution in [1.29, 1.82) is 0 Å². The summed E-state index contributed by atoms with van der Waals surface area (Å²) in [7, 11) is 0. The van der Waals surface area contributed by atoms with E-state index in [4.69, 9.17) is 0 Å². The molecule has 4 rings (SSSR count). The SMILES string of the molecule is C/C=C/CCC1CCC2c3cc(F)c(-c4ccc(F)c(F)c4)c(F)c3CCC2C1. The molecule has 3 atom stereocenters. The van der Waals surface area contributed by atoms with Gasteiger partial charge in [0.1, 0.15) is 11.6 Å². The van der Waals surface area contributed by atoms with Crippen LogP contribution in [0.2, 0.25) is 0 Å². The Balaban J connectivity index is 1.63. The third kappa shape index (κ3) is 3.86. The lowest BCUT2D eigenvalue weighted by Gasteiger charge is -2.41. The van der Waals surface area contributed by atoms with Crippen molar-refractivity contribution in [2.24, 2.45) is 11.8 Å². The van der Waals surface area contributed by atoms with Gasteiger partial charge in [-0.15, -0.1) is 0 Å². The van der Waals surface area contributed by atoms with E-state index in [9.17, 15) is 13.2 Å². The molecule has 0 aliphatic heterocycles. The molecular formula is C25H26F4. The molecule has 2 aromatic rings. The van der Waals surface area contributed by atoms with Crippen molar-refractivity contribution in [3.05, 3.63) is 70.8 Å². The highest BCUT2D eigenvalue weighted by molar-refractivity contribution is 5.67. The maximum atomic E-state index is 15.3. The van der Waals surface area contributed by atoms with Crippen LogP contribution < -0.4 is 0 Å². The first-order valence-corrected chi connectivity index (χ1v) is 10.6. The molecule has 0 saturated heterocycles. The Morgan fingerprint density at radius 1 is 0.966 bits per heavy atom. The molecule has 0 amide bonds. The number of benzene rings is 2. The van der Waals surface area contributed by atoms with Gasteiger partial charge in [-0.05, 0) is 105 Å². The predicted octanol–water partition coefficient (Wildman–Crippen LogP) is 7.71. The number of allylic oxidation sites excluding steroid dienone is 2. The summed E-state index contributed by atoms with van der Waals surface area (Å²) in [5.41, 5.74) is 1.13. The Bertz CT molecular complexity index is 931. The van der Waals surface area contributed by atoms with Gasteiger partial charge in [-0.3, -0.25) is 0 Å². The summed E-state index contributed by atoms with van der Waals surface area (Å²) in [6.07, 6.45) is 11.2.